The molecule has 1 heterocycles. The lowest BCUT2D eigenvalue weighted by atomic mass is 10.0. The second-order valence-corrected chi connectivity index (χ2v) is 5.00. The average Bonchev–Trinajstić information content (AvgIpc) is 2.76. The molecular weight excluding hydrogens is 234 g/mol. The van der Waals surface area contributed by atoms with E-state index < -0.39 is 0 Å². The van der Waals surface area contributed by atoms with Crippen LogP contribution in [-0.4, -0.2) is 20.2 Å². The van der Waals surface area contributed by atoms with Crippen LogP contribution in [0.5, 0.6) is 5.75 Å². The van der Waals surface area contributed by atoms with E-state index in [0.717, 1.165) is 36.8 Å². The number of halogens is 1. The number of hydrogen-bond acceptors (Lipinski definition) is 2. The van der Waals surface area contributed by atoms with Crippen LogP contribution in [0.4, 0.5) is 0 Å². The smallest absolute Gasteiger partial charge is 0.125 e. The first kappa shape index (κ1) is 12.7. The van der Waals surface area contributed by atoms with E-state index in [1.165, 1.54) is 30.4 Å². The van der Waals surface area contributed by atoms with Crippen molar-refractivity contribution in [3.8, 4) is 5.75 Å². The van der Waals surface area contributed by atoms with Crippen LogP contribution in [0.25, 0.3) is 0 Å². The van der Waals surface area contributed by atoms with Gasteiger partial charge in [-0.05, 0) is 56.1 Å². The maximum atomic E-state index is 6.13. The third kappa shape index (κ3) is 3.36. The summed E-state index contributed by atoms with van der Waals surface area (Å²) in [6, 6.07) is 4.10. The SMILES string of the molecule is CNCCCCCc1cc(Cl)cc2c1OCC2. The molecule has 1 aliphatic heterocycles. The molecule has 17 heavy (non-hydrogen) atoms. The minimum absolute atomic E-state index is 0.808. The van der Waals surface area contributed by atoms with Crippen LogP contribution in [0.15, 0.2) is 12.1 Å². The van der Waals surface area contributed by atoms with Gasteiger partial charge in [-0.2, -0.15) is 0 Å². The monoisotopic (exact) mass is 253 g/mol. The predicted octanol–water partition coefficient (Wildman–Crippen LogP) is 3.21. The first-order chi connectivity index (χ1) is 8.31. The Labute approximate surface area is 108 Å². The molecular formula is C14H20ClNO. The van der Waals surface area contributed by atoms with Crippen LogP contribution < -0.4 is 10.1 Å². The zero-order valence-electron chi connectivity index (χ0n) is 10.4. The van der Waals surface area contributed by atoms with E-state index in [0.29, 0.717) is 0 Å². The molecule has 1 aliphatic rings. The van der Waals surface area contributed by atoms with E-state index in [9.17, 15) is 0 Å². The van der Waals surface area contributed by atoms with E-state index in [2.05, 4.69) is 11.4 Å². The fourth-order valence-corrected chi connectivity index (χ4v) is 2.59. The van der Waals surface area contributed by atoms with Gasteiger partial charge in [0.25, 0.3) is 0 Å². The molecule has 0 saturated carbocycles. The van der Waals surface area contributed by atoms with E-state index in [-0.39, 0.29) is 0 Å². The molecule has 0 fully saturated rings. The van der Waals surface area contributed by atoms with Crippen LogP contribution in [0.3, 0.4) is 0 Å². The molecule has 0 saturated heterocycles. The molecule has 1 aromatic carbocycles. The summed E-state index contributed by atoms with van der Waals surface area (Å²) in [5.41, 5.74) is 2.57. The Kier molecular flexibility index (Phi) is 4.69. The number of ether oxygens (including phenoxy) is 1. The molecule has 0 spiro atoms. The number of benzene rings is 1. The Bertz CT molecular complexity index is 379. The van der Waals surface area contributed by atoms with Crippen molar-refractivity contribution in [1.29, 1.82) is 0 Å². The van der Waals surface area contributed by atoms with Crippen LogP contribution >= 0.6 is 11.6 Å². The van der Waals surface area contributed by atoms with Gasteiger partial charge in [-0.3, -0.25) is 0 Å². The third-order valence-electron chi connectivity index (χ3n) is 3.20. The summed E-state index contributed by atoms with van der Waals surface area (Å²) in [6.07, 6.45) is 5.77. The number of aryl methyl sites for hydroxylation is 1. The lowest BCUT2D eigenvalue weighted by Gasteiger charge is -2.08. The van der Waals surface area contributed by atoms with Gasteiger partial charge in [0.05, 0.1) is 6.61 Å². The summed E-state index contributed by atoms with van der Waals surface area (Å²) in [6.45, 7) is 1.91. The molecule has 0 radical (unpaired) electrons. The molecule has 0 bridgehead atoms. The Hall–Kier alpha value is -0.730. The lowest BCUT2D eigenvalue weighted by Crippen LogP contribution is -2.07. The number of hydrogen-bond donors (Lipinski definition) is 1. The molecule has 0 unspecified atom stereocenters. The van der Waals surface area contributed by atoms with E-state index in [1.807, 2.05) is 13.1 Å². The van der Waals surface area contributed by atoms with Gasteiger partial charge in [-0.1, -0.05) is 18.0 Å². The van der Waals surface area contributed by atoms with Gasteiger partial charge in [0, 0.05) is 11.4 Å². The quantitative estimate of drug-likeness (QED) is 0.786. The first-order valence-electron chi connectivity index (χ1n) is 6.40. The summed E-state index contributed by atoms with van der Waals surface area (Å²) < 4.78 is 5.69. The number of rotatable bonds is 6. The van der Waals surface area contributed by atoms with Crippen LogP contribution in [-0.2, 0) is 12.8 Å². The van der Waals surface area contributed by atoms with Crippen LogP contribution in [0, 0.1) is 0 Å². The van der Waals surface area contributed by atoms with Crippen molar-refractivity contribution in [2.24, 2.45) is 0 Å². The Morgan fingerprint density at radius 3 is 3.00 bits per heavy atom. The summed E-state index contributed by atoms with van der Waals surface area (Å²) in [5.74, 6) is 1.10. The van der Waals surface area contributed by atoms with E-state index in [4.69, 9.17) is 16.3 Å². The minimum Gasteiger partial charge on any atom is -0.493 e. The molecule has 0 aliphatic carbocycles. The Balaban J connectivity index is 1.92. The van der Waals surface area contributed by atoms with Crippen LogP contribution in [0.1, 0.15) is 30.4 Å². The fraction of sp³-hybridized carbons (Fsp3) is 0.571. The normalized spacial score (nSPS) is 13.5. The maximum absolute atomic E-state index is 6.13. The summed E-state index contributed by atoms with van der Waals surface area (Å²) in [7, 11) is 2.00. The molecule has 2 nitrogen and oxygen atoms in total. The zero-order valence-corrected chi connectivity index (χ0v) is 11.1. The van der Waals surface area contributed by atoms with Crippen molar-refractivity contribution < 1.29 is 4.74 Å². The Morgan fingerprint density at radius 2 is 2.18 bits per heavy atom. The van der Waals surface area contributed by atoms with E-state index in [1.54, 1.807) is 0 Å². The highest BCUT2D eigenvalue weighted by atomic mass is 35.5. The average molecular weight is 254 g/mol. The van der Waals surface area contributed by atoms with Gasteiger partial charge in [0.1, 0.15) is 5.75 Å². The summed E-state index contributed by atoms with van der Waals surface area (Å²) >= 11 is 6.13. The highest BCUT2D eigenvalue weighted by Crippen LogP contribution is 2.33. The molecule has 3 heteroatoms. The zero-order chi connectivity index (χ0) is 12.1. The predicted molar refractivity (Wildman–Crippen MR) is 72.1 cm³/mol. The van der Waals surface area contributed by atoms with Gasteiger partial charge < -0.3 is 10.1 Å². The molecule has 0 aromatic heterocycles. The van der Waals surface area contributed by atoms with Crippen molar-refractivity contribution >= 4 is 11.6 Å². The largest absolute Gasteiger partial charge is 0.493 e. The minimum atomic E-state index is 0.808. The van der Waals surface area contributed by atoms with Gasteiger partial charge in [0.15, 0.2) is 0 Å². The highest BCUT2D eigenvalue weighted by Gasteiger charge is 2.16. The molecule has 2 rings (SSSR count). The van der Waals surface area contributed by atoms with Crippen molar-refractivity contribution in [3.05, 3.63) is 28.3 Å². The molecule has 0 amide bonds. The highest BCUT2D eigenvalue weighted by molar-refractivity contribution is 6.30. The van der Waals surface area contributed by atoms with Crippen molar-refractivity contribution in [1.82, 2.24) is 5.32 Å². The number of unbranched alkanes of at least 4 members (excludes halogenated alkanes) is 2. The second-order valence-electron chi connectivity index (χ2n) is 4.57. The van der Waals surface area contributed by atoms with Crippen LogP contribution in [0.2, 0.25) is 5.02 Å². The lowest BCUT2D eigenvalue weighted by molar-refractivity contribution is 0.353. The van der Waals surface area contributed by atoms with Gasteiger partial charge in [-0.15, -0.1) is 0 Å². The number of fused-ring (bicyclic) bond motifs is 1. The first-order valence-corrected chi connectivity index (χ1v) is 6.78. The van der Waals surface area contributed by atoms with E-state index >= 15 is 0 Å². The second kappa shape index (κ2) is 6.27. The number of nitrogens with one attached hydrogen (secondary N) is 1. The standard InChI is InChI=1S/C14H20ClNO/c1-16-7-4-2-3-5-11-9-13(15)10-12-6-8-17-14(11)12/h9-10,16H,2-8H2,1H3. The van der Waals surface area contributed by atoms with Gasteiger partial charge in [0.2, 0.25) is 0 Å². The van der Waals surface area contributed by atoms with Crippen molar-refractivity contribution in [2.45, 2.75) is 32.1 Å². The van der Waals surface area contributed by atoms with Gasteiger partial charge >= 0.3 is 0 Å². The summed E-state index contributed by atoms with van der Waals surface area (Å²) in [5, 5.41) is 4.02. The third-order valence-corrected chi connectivity index (χ3v) is 3.42. The van der Waals surface area contributed by atoms with Gasteiger partial charge in [-0.25, -0.2) is 0 Å². The van der Waals surface area contributed by atoms with Crippen molar-refractivity contribution in [2.75, 3.05) is 20.2 Å². The molecule has 1 N–H and O–H groups in total. The topological polar surface area (TPSA) is 21.3 Å². The maximum Gasteiger partial charge on any atom is 0.125 e. The Morgan fingerprint density at radius 1 is 1.29 bits per heavy atom. The van der Waals surface area contributed by atoms with Crippen molar-refractivity contribution in [3.63, 3.8) is 0 Å². The molecule has 1 aromatic rings. The fourth-order valence-electron chi connectivity index (χ4n) is 2.33. The molecule has 94 valence electrons. The summed E-state index contributed by atoms with van der Waals surface area (Å²) in [4.78, 5) is 0. The molecule has 0 atom stereocenters.